The van der Waals surface area contributed by atoms with Gasteiger partial charge in [-0.3, -0.25) is 4.98 Å². The number of piperazine rings is 1. The number of hydrogen-bond donors (Lipinski definition) is 0. The molecule has 0 unspecified atom stereocenters. The summed E-state index contributed by atoms with van der Waals surface area (Å²) in [7, 11) is 0. The summed E-state index contributed by atoms with van der Waals surface area (Å²) in [4.78, 5) is 28.3. The molecule has 3 rings (SSSR count). The number of rotatable bonds is 2. The molecule has 0 bridgehead atoms. The highest BCUT2D eigenvalue weighted by atomic mass is 35.5. The molecule has 0 aliphatic carbocycles. The van der Waals surface area contributed by atoms with E-state index >= 15 is 0 Å². The molecule has 8 heteroatoms. The molecule has 116 valence electrons. The average Bonchev–Trinajstić information content (AvgIpc) is 2.54. The van der Waals surface area contributed by atoms with Crippen LogP contribution in [0.25, 0.3) is 11.0 Å². The predicted octanol–water partition coefficient (Wildman–Crippen LogP) is 1.96. The van der Waals surface area contributed by atoms with Crippen LogP contribution in [-0.4, -0.2) is 58.7 Å². The molecule has 0 N–H and O–H groups in total. The average molecular weight is 322 g/mol. The van der Waals surface area contributed by atoms with Crippen molar-refractivity contribution in [2.24, 2.45) is 0 Å². The summed E-state index contributed by atoms with van der Waals surface area (Å²) in [6.07, 6.45) is 1.43. The summed E-state index contributed by atoms with van der Waals surface area (Å²) >= 11 is 6.00. The molecule has 22 heavy (non-hydrogen) atoms. The number of pyridine rings is 1. The molecule has 1 amide bonds. The van der Waals surface area contributed by atoms with Crippen molar-refractivity contribution in [1.29, 1.82) is 0 Å². The van der Waals surface area contributed by atoms with E-state index in [2.05, 4.69) is 19.9 Å². The molecule has 0 aromatic carbocycles. The third kappa shape index (κ3) is 2.89. The second-order valence-corrected chi connectivity index (χ2v) is 5.20. The maximum atomic E-state index is 11.7. The Bertz CT molecular complexity index is 688. The van der Waals surface area contributed by atoms with Crippen LogP contribution in [0.1, 0.15) is 6.92 Å². The number of carbonyl (C=O) groups is 1. The van der Waals surface area contributed by atoms with Gasteiger partial charge in [0.15, 0.2) is 5.82 Å². The topological polar surface area (TPSA) is 71.5 Å². The van der Waals surface area contributed by atoms with Gasteiger partial charge in [-0.1, -0.05) is 0 Å². The quantitative estimate of drug-likeness (QED) is 0.787. The van der Waals surface area contributed by atoms with Crippen LogP contribution in [-0.2, 0) is 4.74 Å². The zero-order valence-electron chi connectivity index (χ0n) is 12.2. The number of aromatic nitrogens is 3. The highest BCUT2D eigenvalue weighted by Crippen LogP contribution is 2.24. The smallest absolute Gasteiger partial charge is 0.409 e. The Morgan fingerprint density at radius 2 is 2.09 bits per heavy atom. The summed E-state index contributed by atoms with van der Waals surface area (Å²) in [5.74, 6) is 0.708. The Morgan fingerprint density at radius 1 is 1.32 bits per heavy atom. The fourth-order valence-corrected chi connectivity index (χ4v) is 2.63. The summed E-state index contributed by atoms with van der Waals surface area (Å²) in [6.45, 7) is 4.64. The van der Waals surface area contributed by atoms with E-state index in [0.717, 1.165) is 5.52 Å². The fourth-order valence-electron chi connectivity index (χ4n) is 2.46. The summed E-state index contributed by atoms with van der Waals surface area (Å²) in [6, 6.07) is 3.67. The second kappa shape index (κ2) is 6.31. The van der Waals surface area contributed by atoms with Crippen LogP contribution in [0, 0.1) is 0 Å². The number of fused-ring (bicyclic) bond motifs is 1. The Labute approximate surface area is 132 Å². The van der Waals surface area contributed by atoms with Gasteiger partial charge in [0, 0.05) is 32.4 Å². The highest BCUT2D eigenvalue weighted by molar-refractivity contribution is 6.28. The zero-order valence-corrected chi connectivity index (χ0v) is 13.0. The third-order valence-electron chi connectivity index (χ3n) is 3.51. The van der Waals surface area contributed by atoms with Crippen molar-refractivity contribution in [1.82, 2.24) is 19.9 Å². The van der Waals surface area contributed by atoms with Crippen molar-refractivity contribution in [3.63, 3.8) is 0 Å². The van der Waals surface area contributed by atoms with Gasteiger partial charge in [0.25, 0.3) is 0 Å². The van der Waals surface area contributed by atoms with Crippen LogP contribution in [0.5, 0.6) is 0 Å². The van der Waals surface area contributed by atoms with Crippen LogP contribution in [0.15, 0.2) is 18.3 Å². The molecule has 7 nitrogen and oxygen atoms in total. The van der Waals surface area contributed by atoms with Gasteiger partial charge >= 0.3 is 6.09 Å². The SMILES string of the molecule is CCOC(=O)N1CCN(c2nc(Cl)nc3cccnc23)CC1. The molecule has 1 saturated heterocycles. The van der Waals surface area contributed by atoms with Gasteiger partial charge in [0.2, 0.25) is 5.28 Å². The molecule has 0 atom stereocenters. The molecule has 1 aliphatic heterocycles. The summed E-state index contributed by atoms with van der Waals surface area (Å²) in [5, 5.41) is 0.198. The van der Waals surface area contributed by atoms with Gasteiger partial charge in [-0.15, -0.1) is 0 Å². The molecular weight excluding hydrogens is 306 g/mol. The number of halogens is 1. The van der Waals surface area contributed by atoms with Gasteiger partial charge < -0.3 is 14.5 Å². The van der Waals surface area contributed by atoms with Crippen molar-refractivity contribution in [3.05, 3.63) is 23.6 Å². The molecule has 0 saturated carbocycles. The standard InChI is InChI=1S/C14H16ClN5O2/c1-2-22-14(21)20-8-6-19(7-9-20)12-11-10(4-3-5-16-11)17-13(15)18-12/h3-5H,2,6-9H2,1H3. The Morgan fingerprint density at radius 3 is 2.82 bits per heavy atom. The first-order valence-corrected chi connectivity index (χ1v) is 7.51. The molecule has 2 aromatic heterocycles. The number of hydrogen-bond acceptors (Lipinski definition) is 6. The van der Waals surface area contributed by atoms with Crippen molar-refractivity contribution >= 4 is 34.5 Å². The van der Waals surface area contributed by atoms with E-state index in [9.17, 15) is 4.79 Å². The molecule has 0 spiro atoms. The van der Waals surface area contributed by atoms with Crippen LogP contribution < -0.4 is 4.90 Å². The molecule has 1 aliphatic rings. The largest absolute Gasteiger partial charge is 0.450 e. The first-order chi connectivity index (χ1) is 10.7. The molecule has 1 fully saturated rings. The van der Waals surface area contributed by atoms with Gasteiger partial charge in [-0.2, -0.15) is 4.98 Å². The Balaban J connectivity index is 1.81. The Hall–Kier alpha value is -2.15. The minimum absolute atomic E-state index is 0.198. The van der Waals surface area contributed by atoms with Crippen molar-refractivity contribution in [3.8, 4) is 0 Å². The van der Waals surface area contributed by atoms with E-state index in [-0.39, 0.29) is 11.4 Å². The maximum absolute atomic E-state index is 11.7. The van der Waals surface area contributed by atoms with E-state index in [4.69, 9.17) is 16.3 Å². The molecule has 3 heterocycles. The lowest BCUT2D eigenvalue weighted by Gasteiger charge is -2.34. The van der Waals surface area contributed by atoms with Crippen LogP contribution in [0.3, 0.4) is 0 Å². The van der Waals surface area contributed by atoms with Gasteiger partial charge in [-0.05, 0) is 30.7 Å². The monoisotopic (exact) mass is 321 g/mol. The molecule has 0 radical (unpaired) electrons. The van der Waals surface area contributed by atoms with E-state index in [1.54, 1.807) is 18.0 Å². The Kier molecular flexibility index (Phi) is 4.24. The van der Waals surface area contributed by atoms with Crippen LogP contribution in [0.2, 0.25) is 5.28 Å². The predicted molar refractivity (Wildman–Crippen MR) is 83.2 cm³/mol. The van der Waals surface area contributed by atoms with Crippen molar-refractivity contribution in [2.45, 2.75) is 6.92 Å². The lowest BCUT2D eigenvalue weighted by molar-refractivity contribution is 0.105. The second-order valence-electron chi connectivity index (χ2n) is 4.86. The lowest BCUT2D eigenvalue weighted by Crippen LogP contribution is -2.49. The first-order valence-electron chi connectivity index (χ1n) is 7.14. The fraction of sp³-hybridized carbons (Fsp3) is 0.429. The number of nitrogens with zero attached hydrogens (tertiary/aromatic N) is 5. The summed E-state index contributed by atoms with van der Waals surface area (Å²) < 4.78 is 5.02. The van der Waals surface area contributed by atoms with Crippen molar-refractivity contribution < 1.29 is 9.53 Å². The lowest BCUT2D eigenvalue weighted by atomic mass is 10.3. The van der Waals surface area contributed by atoms with E-state index in [0.29, 0.717) is 44.1 Å². The zero-order chi connectivity index (χ0) is 15.5. The van der Waals surface area contributed by atoms with E-state index < -0.39 is 0 Å². The highest BCUT2D eigenvalue weighted by Gasteiger charge is 2.24. The van der Waals surface area contributed by atoms with E-state index in [1.807, 2.05) is 12.1 Å². The number of ether oxygens (including phenoxy) is 1. The van der Waals surface area contributed by atoms with E-state index in [1.165, 1.54) is 0 Å². The van der Waals surface area contributed by atoms with Gasteiger partial charge in [0.1, 0.15) is 5.52 Å². The minimum atomic E-state index is -0.272. The first kappa shape index (κ1) is 14.8. The normalized spacial score (nSPS) is 15.2. The maximum Gasteiger partial charge on any atom is 0.409 e. The summed E-state index contributed by atoms with van der Waals surface area (Å²) in [5.41, 5.74) is 1.43. The number of anilines is 1. The molecular formula is C14H16ClN5O2. The number of carbonyl (C=O) groups excluding carboxylic acids is 1. The van der Waals surface area contributed by atoms with Gasteiger partial charge in [0.05, 0.1) is 12.1 Å². The molecule has 2 aromatic rings. The van der Waals surface area contributed by atoms with Crippen LogP contribution >= 0.6 is 11.6 Å². The van der Waals surface area contributed by atoms with Crippen molar-refractivity contribution in [2.75, 3.05) is 37.7 Å². The van der Waals surface area contributed by atoms with Crippen LogP contribution in [0.4, 0.5) is 10.6 Å². The number of amides is 1. The van der Waals surface area contributed by atoms with Gasteiger partial charge in [-0.25, -0.2) is 9.78 Å². The third-order valence-corrected chi connectivity index (χ3v) is 3.68. The minimum Gasteiger partial charge on any atom is -0.450 e.